The van der Waals surface area contributed by atoms with Crippen molar-refractivity contribution >= 4 is 27.2 Å². The number of benzene rings is 1. The molecule has 0 saturated carbocycles. The van der Waals surface area contributed by atoms with E-state index in [9.17, 15) is 0 Å². The lowest BCUT2D eigenvalue weighted by atomic mass is 10.3. The van der Waals surface area contributed by atoms with Crippen LogP contribution >= 0.6 is 11.3 Å². The summed E-state index contributed by atoms with van der Waals surface area (Å²) in [4.78, 5) is 4.45. The zero-order valence-electron chi connectivity index (χ0n) is 10.3. The topological polar surface area (TPSA) is 34.1 Å². The van der Waals surface area contributed by atoms with Crippen LogP contribution in [0.3, 0.4) is 0 Å². The van der Waals surface area contributed by atoms with Crippen molar-refractivity contribution in [2.45, 2.75) is 20.3 Å². The van der Waals surface area contributed by atoms with Gasteiger partial charge < -0.3 is 10.1 Å². The Morgan fingerprint density at radius 1 is 1.41 bits per heavy atom. The van der Waals surface area contributed by atoms with E-state index < -0.39 is 0 Å². The van der Waals surface area contributed by atoms with Crippen LogP contribution in [-0.4, -0.2) is 24.7 Å². The number of fused-ring (bicyclic) bond motifs is 1. The number of hydrogen-bond acceptors (Lipinski definition) is 4. The van der Waals surface area contributed by atoms with Crippen LogP contribution in [0.25, 0.3) is 10.2 Å². The highest BCUT2D eigenvalue weighted by Gasteiger charge is 2.01. The SMILES string of the molecule is CCOCCCNc1ccc2nc(C)sc2c1. The van der Waals surface area contributed by atoms with E-state index in [1.54, 1.807) is 11.3 Å². The molecule has 2 aromatic rings. The Morgan fingerprint density at radius 2 is 2.29 bits per heavy atom. The molecule has 92 valence electrons. The minimum atomic E-state index is 0.798. The Balaban J connectivity index is 1.90. The van der Waals surface area contributed by atoms with Crippen LogP contribution in [0, 0.1) is 6.92 Å². The Hall–Kier alpha value is -1.13. The quantitative estimate of drug-likeness (QED) is 0.797. The molecule has 0 amide bonds. The third-order valence-electron chi connectivity index (χ3n) is 2.49. The van der Waals surface area contributed by atoms with Crippen molar-refractivity contribution in [2.24, 2.45) is 0 Å². The third kappa shape index (κ3) is 3.41. The Kier molecular flexibility index (Phi) is 4.34. The standard InChI is InChI=1S/C13H18N2OS/c1-3-16-8-4-7-14-11-5-6-12-13(9-11)17-10(2)15-12/h5-6,9,14H,3-4,7-8H2,1-2H3. The van der Waals surface area contributed by atoms with Crippen LogP contribution in [0.15, 0.2) is 18.2 Å². The first-order valence-electron chi connectivity index (χ1n) is 5.98. The molecule has 0 fully saturated rings. The number of anilines is 1. The van der Waals surface area contributed by atoms with Gasteiger partial charge in [0.1, 0.15) is 0 Å². The van der Waals surface area contributed by atoms with Gasteiger partial charge in [-0.25, -0.2) is 4.98 Å². The minimum Gasteiger partial charge on any atom is -0.385 e. The fourth-order valence-electron chi connectivity index (χ4n) is 1.70. The summed E-state index contributed by atoms with van der Waals surface area (Å²) in [6.45, 7) is 6.63. The van der Waals surface area contributed by atoms with Crippen molar-refractivity contribution in [1.29, 1.82) is 0 Å². The van der Waals surface area contributed by atoms with Crippen LogP contribution in [-0.2, 0) is 4.74 Å². The van der Waals surface area contributed by atoms with Crippen molar-refractivity contribution < 1.29 is 4.74 Å². The first-order valence-corrected chi connectivity index (χ1v) is 6.80. The van der Waals surface area contributed by atoms with Crippen molar-refractivity contribution in [3.8, 4) is 0 Å². The molecular weight excluding hydrogens is 232 g/mol. The lowest BCUT2D eigenvalue weighted by Gasteiger charge is -2.06. The van der Waals surface area contributed by atoms with Crippen LogP contribution in [0.2, 0.25) is 0 Å². The number of aryl methyl sites for hydroxylation is 1. The summed E-state index contributed by atoms with van der Waals surface area (Å²) >= 11 is 1.74. The zero-order valence-corrected chi connectivity index (χ0v) is 11.1. The zero-order chi connectivity index (χ0) is 12.1. The number of rotatable bonds is 6. The van der Waals surface area contributed by atoms with E-state index >= 15 is 0 Å². The molecule has 0 aliphatic rings. The highest BCUT2D eigenvalue weighted by Crippen LogP contribution is 2.24. The Morgan fingerprint density at radius 3 is 3.12 bits per heavy atom. The summed E-state index contributed by atoms with van der Waals surface area (Å²) in [5, 5.41) is 4.52. The summed E-state index contributed by atoms with van der Waals surface area (Å²) < 4.78 is 6.54. The van der Waals surface area contributed by atoms with E-state index in [1.807, 2.05) is 13.8 Å². The van der Waals surface area contributed by atoms with E-state index in [-0.39, 0.29) is 0 Å². The van der Waals surface area contributed by atoms with Crippen LogP contribution in [0.5, 0.6) is 0 Å². The first-order chi connectivity index (χ1) is 8.29. The normalized spacial score (nSPS) is 10.9. The smallest absolute Gasteiger partial charge is 0.0907 e. The van der Waals surface area contributed by atoms with Gasteiger partial charge in [-0.05, 0) is 38.5 Å². The van der Waals surface area contributed by atoms with Gasteiger partial charge in [-0.15, -0.1) is 11.3 Å². The highest BCUT2D eigenvalue weighted by molar-refractivity contribution is 7.18. The molecule has 1 aromatic heterocycles. The molecule has 0 spiro atoms. The van der Waals surface area contributed by atoms with Gasteiger partial charge in [0.05, 0.1) is 15.2 Å². The molecule has 2 rings (SSSR count). The molecular formula is C13H18N2OS. The number of thiazole rings is 1. The molecule has 0 aliphatic heterocycles. The van der Waals surface area contributed by atoms with Gasteiger partial charge in [-0.3, -0.25) is 0 Å². The molecule has 1 N–H and O–H groups in total. The largest absolute Gasteiger partial charge is 0.385 e. The van der Waals surface area contributed by atoms with Crippen molar-refractivity contribution in [2.75, 3.05) is 25.1 Å². The molecule has 4 heteroatoms. The number of nitrogens with one attached hydrogen (secondary N) is 1. The average molecular weight is 250 g/mol. The van der Waals surface area contributed by atoms with E-state index in [2.05, 4.69) is 28.5 Å². The molecule has 17 heavy (non-hydrogen) atoms. The van der Waals surface area contributed by atoms with E-state index in [0.29, 0.717) is 0 Å². The van der Waals surface area contributed by atoms with Crippen molar-refractivity contribution in [3.05, 3.63) is 23.2 Å². The fraction of sp³-hybridized carbons (Fsp3) is 0.462. The number of hydrogen-bond donors (Lipinski definition) is 1. The van der Waals surface area contributed by atoms with E-state index in [0.717, 1.165) is 42.4 Å². The summed E-state index contributed by atoms with van der Waals surface area (Å²) in [6.07, 6.45) is 1.04. The summed E-state index contributed by atoms with van der Waals surface area (Å²) in [5.74, 6) is 0. The maximum absolute atomic E-state index is 5.30. The van der Waals surface area contributed by atoms with Gasteiger partial charge in [0.15, 0.2) is 0 Å². The molecule has 0 saturated heterocycles. The van der Waals surface area contributed by atoms with E-state index in [4.69, 9.17) is 4.74 Å². The van der Waals surface area contributed by atoms with Gasteiger partial charge in [-0.2, -0.15) is 0 Å². The van der Waals surface area contributed by atoms with Crippen LogP contribution in [0.1, 0.15) is 18.4 Å². The Bertz CT molecular complexity index is 481. The van der Waals surface area contributed by atoms with Gasteiger partial charge in [0.25, 0.3) is 0 Å². The third-order valence-corrected chi connectivity index (χ3v) is 3.43. The summed E-state index contributed by atoms with van der Waals surface area (Å²) in [6, 6.07) is 6.33. The minimum absolute atomic E-state index is 0.798. The molecule has 1 aromatic carbocycles. The number of ether oxygens (including phenoxy) is 1. The molecule has 0 aliphatic carbocycles. The predicted molar refractivity (Wildman–Crippen MR) is 74.0 cm³/mol. The summed E-state index contributed by atoms with van der Waals surface area (Å²) in [7, 11) is 0. The maximum atomic E-state index is 5.30. The molecule has 0 bridgehead atoms. The maximum Gasteiger partial charge on any atom is 0.0907 e. The lowest BCUT2D eigenvalue weighted by Crippen LogP contribution is -2.05. The first kappa shape index (κ1) is 12.3. The summed E-state index contributed by atoms with van der Waals surface area (Å²) in [5.41, 5.74) is 2.25. The van der Waals surface area contributed by atoms with Crippen LogP contribution < -0.4 is 5.32 Å². The van der Waals surface area contributed by atoms with Crippen molar-refractivity contribution in [3.63, 3.8) is 0 Å². The molecule has 1 heterocycles. The second-order valence-corrected chi connectivity index (χ2v) is 5.13. The molecule has 0 unspecified atom stereocenters. The monoisotopic (exact) mass is 250 g/mol. The van der Waals surface area contributed by atoms with Gasteiger partial charge in [0, 0.05) is 25.4 Å². The molecule has 3 nitrogen and oxygen atoms in total. The van der Waals surface area contributed by atoms with Crippen molar-refractivity contribution in [1.82, 2.24) is 4.98 Å². The van der Waals surface area contributed by atoms with Crippen LogP contribution in [0.4, 0.5) is 5.69 Å². The second kappa shape index (κ2) is 5.98. The van der Waals surface area contributed by atoms with Gasteiger partial charge in [0.2, 0.25) is 0 Å². The fourth-order valence-corrected chi connectivity index (χ4v) is 2.57. The molecule has 0 radical (unpaired) electrons. The highest BCUT2D eigenvalue weighted by atomic mass is 32.1. The lowest BCUT2D eigenvalue weighted by molar-refractivity contribution is 0.147. The average Bonchev–Trinajstić information content (AvgIpc) is 2.68. The predicted octanol–water partition coefficient (Wildman–Crippen LogP) is 3.44. The number of aromatic nitrogens is 1. The number of nitrogens with zero attached hydrogens (tertiary/aromatic N) is 1. The molecule has 0 atom stereocenters. The Labute approximate surface area is 106 Å². The van der Waals surface area contributed by atoms with Gasteiger partial charge in [-0.1, -0.05) is 0 Å². The van der Waals surface area contributed by atoms with Gasteiger partial charge >= 0.3 is 0 Å². The second-order valence-electron chi connectivity index (χ2n) is 3.89. The van der Waals surface area contributed by atoms with E-state index in [1.165, 1.54) is 4.70 Å².